The molecule has 0 aliphatic heterocycles. The maximum absolute atomic E-state index is 13.3. The van der Waals surface area contributed by atoms with Crippen molar-refractivity contribution in [2.24, 2.45) is 0 Å². The van der Waals surface area contributed by atoms with Crippen LogP contribution in [0.5, 0.6) is 0 Å². The second kappa shape index (κ2) is 5.38. The molecule has 0 saturated heterocycles. The summed E-state index contributed by atoms with van der Waals surface area (Å²) in [6, 6.07) is 12.8. The average molecular weight is 316 g/mol. The summed E-state index contributed by atoms with van der Waals surface area (Å²) in [6.45, 7) is 1.52. The second-order valence-corrected chi connectivity index (χ2v) is 6.62. The standard InChI is InChI=1S/C16H13FN2O2S/c1-11-8-14(6-7-15(11)17)22(20,21)19-13-9-12-4-2-3-5-16(12)18-10-13/h2-10,19H,1H3. The molecule has 0 aliphatic rings. The molecule has 112 valence electrons. The molecule has 0 saturated carbocycles. The fraction of sp³-hybridized carbons (Fsp3) is 0.0625. The molecule has 1 N–H and O–H groups in total. The Labute approximate surface area is 127 Å². The molecule has 22 heavy (non-hydrogen) atoms. The highest BCUT2D eigenvalue weighted by Gasteiger charge is 2.15. The zero-order valence-electron chi connectivity index (χ0n) is 11.7. The molecule has 1 heterocycles. The first-order valence-corrected chi connectivity index (χ1v) is 8.08. The van der Waals surface area contributed by atoms with Crippen molar-refractivity contribution < 1.29 is 12.8 Å². The molecule has 0 atom stereocenters. The second-order valence-electron chi connectivity index (χ2n) is 4.93. The minimum absolute atomic E-state index is 0.0135. The number of hydrogen-bond donors (Lipinski definition) is 1. The van der Waals surface area contributed by atoms with E-state index in [2.05, 4.69) is 9.71 Å². The quantitative estimate of drug-likeness (QED) is 0.805. The van der Waals surface area contributed by atoms with Crippen molar-refractivity contribution in [1.82, 2.24) is 4.98 Å². The van der Waals surface area contributed by atoms with Crippen molar-refractivity contribution in [3.8, 4) is 0 Å². The van der Waals surface area contributed by atoms with Gasteiger partial charge in [0.1, 0.15) is 5.82 Å². The Morgan fingerprint density at radius 1 is 1.09 bits per heavy atom. The van der Waals surface area contributed by atoms with Crippen molar-refractivity contribution in [3.05, 3.63) is 66.1 Å². The SMILES string of the molecule is Cc1cc(S(=O)(=O)Nc2cnc3ccccc3c2)ccc1F. The number of anilines is 1. The number of rotatable bonds is 3. The summed E-state index contributed by atoms with van der Waals surface area (Å²) in [6.07, 6.45) is 1.45. The smallest absolute Gasteiger partial charge is 0.261 e. The zero-order valence-corrected chi connectivity index (χ0v) is 12.6. The Balaban J connectivity index is 1.97. The van der Waals surface area contributed by atoms with E-state index >= 15 is 0 Å². The summed E-state index contributed by atoms with van der Waals surface area (Å²) in [5.41, 5.74) is 1.42. The van der Waals surface area contributed by atoms with Crippen molar-refractivity contribution in [1.29, 1.82) is 0 Å². The molecule has 3 rings (SSSR count). The van der Waals surface area contributed by atoms with Crippen molar-refractivity contribution in [2.75, 3.05) is 4.72 Å². The van der Waals surface area contributed by atoms with Crippen LogP contribution >= 0.6 is 0 Å². The molecule has 0 spiro atoms. The van der Waals surface area contributed by atoms with Crippen LogP contribution in [0.15, 0.2) is 59.6 Å². The van der Waals surface area contributed by atoms with Crippen LogP contribution in [0.2, 0.25) is 0 Å². The van der Waals surface area contributed by atoms with Crippen LogP contribution in [0, 0.1) is 12.7 Å². The molecule has 0 unspecified atom stereocenters. The molecule has 3 aromatic rings. The third-order valence-electron chi connectivity index (χ3n) is 3.28. The lowest BCUT2D eigenvalue weighted by Crippen LogP contribution is -2.13. The summed E-state index contributed by atoms with van der Waals surface area (Å²) < 4.78 is 40.4. The molecule has 0 bridgehead atoms. The average Bonchev–Trinajstić information content (AvgIpc) is 2.49. The number of halogens is 1. The first kappa shape index (κ1) is 14.5. The van der Waals surface area contributed by atoms with Gasteiger partial charge in [0.2, 0.25) is 0 Å². The molecule has 6 heteroatoms. The molecule has 0 amide bonds. The predicted molar refractivity (Wildman–Crippen MR) is 83.7 cm³/mol. The van der Waals surface area contributed by atoms with E-state index in [1.165, 1.54) is 25.3 Å². The van der Waals surface area contributed by atoms with Gasteiger partial charge in [0.25, 0.3) is 10.0 Å². The van der Waals surface area contributed by atoms with Crippen LogP contribution in [0.3, 0.4) is 0 Å². The first-order valence-electron chi connectivity index (χ1n) is 6.59. The summed E-state index contributed by atoms with van der Waals surface area (Å²) in [7, 11) is -3.78. The topological polar surface area (TPSA) is 59.1 Å². The number of nitrogens with one attached hydrogen (secondary N) is 1. The Hall–Kier alpha value is -2.47. The molecule has 0 radical (unpaired) electrons. The van der Waals surface area contributed by atoms with Crippen molar-refractivity contribution in [3.63, 3.8) is 0 Å². The number of benzene rings is 2. The highest BCUT2D eigenvalue weighted by atomic mass is 32.2. The van der Waals surface area contributed by atoms with E-state index in [0.717, 1.165) is 17.0 Å². The predicted octanol–water partition coefficient (Wildman–Crippen LogP) is 3.48. The van der Waals surface area contributed by atoms with Crippen LogP contribution < -0.4 is 4.72 Å². The van der Waals surface area contributed by atoms with Gasteiger partial charge >= 0.3 is 0 Å². The van der Waals surface area contributed by atoms with Crippen LogP contribution in [0.4, 0.5) is 10.1 Å². The van der Waals surface area contributed by atoms with Gasteiger partial charge in [-0.05, 0) is 42.8 Å². The highest BCUT2D eigenvalue weighted by Crippen LogP contribution is 2.21. The molecule has 0 fully saturated rings. The van der Waals surface area contributed by atoms with Gasteiger partial charge in [0.05, 0.1) is 22.3 Å². The summed E-state index contributed by atoms with van der Waals surface area (Å²) in [4.78, 5) is 4.22. The van der Waals surface area contributed by atoms with Gasteiger partial charge in [-0.2, -0.15) is 0 Å². The fourth-order valence-corrected chi connectivity index (χ4v) is 3.24. The van der Waals surface area contributed by atoms with Gasteiger partial charge in [0, 0.05) is 5.39 Å². The molecular formula is C16H13FN2O2S. The van der Waals surface area contributed by atoms with E-state index in [1.54, 1.807) is 6.07 Å². The van der Waals surface area contributed by atoms with E-state index in [-0.39, 0.29) is 10.5 Å². The fourth-order valence-electron chi connectivity index (χ4n) is 2.13. The van der Waals surface area contributed by atoms with Crippen LogP contribution in [0.25, 0.3) is 10.9 Å². The summed E-state index contributed by atoms with van der Waals surface area (Å²) in [5, 5.41) is 0.831. The number of aromatic nitrogens is 1. The third-order valence-corrected chi connectivity index (χ3v) is 4.66. The van der Waals surface area contributed by atoms with Gasteiger partial charge in [-0.15, -0.1) is 0 Å². The monoisotopic (exact) mass is 316 g/mol. The lowest BCUT2D eigenvalue weighted by molar-refractivity contribution is 0.598. The van der Waals surface area contributed by atoms with Gasteiger partial charge in [-0.3, -0.25) is 9.71 Å². The number of aryl methyl sites for hydroxylation is 1. The van der Waals surface area contributed by atoms with Crippen LogP contribution in [0.1, 0.15) is 5.56 Å². The van der Waals surface area contributed by atoms with Gasteiger partial charge in [0.15, 0.2) is 0 Å². The maximum Gasteiger partial charge on any atom is 0.261 e. The lowest BCUT2D eigenvalue weighted by atomic mass is 10.2. The Bertz CT molecular complexity index is 955. The maximum atomic E-state index is 13.3. The highest BCUT2D eigenvalue weighted by molar-refractivity contribution is 7.92. The number of hydrogen-bond acceptors (Lipinski definition) is 3. The van der Waals surface area contributed by atoms with Gasteiger partial charge < -0.3 is 0 Å². The zero-order chi connectivity index (χ0) is 15.7. The van der Waals surface area contributed by atoms with E-state index in [0.29, 0.717) is 5.69 Å². The first-order chi connectivity index (χ1) is 10.5. The van der Waals surface area contributed by atoms with E-state index in [1.807, 2.05) is 24.3 Å². The van der Waals surface area contributed by atoms with Crippen LogP contribution in [-0.4, -0.2) is 13.4 Å². The number of para-hydroxylation sites is 1. The minimum Gasteiger partial charge on any atom is -0.278 e. The molecule has 4 nitrogen and oxygen atoms in total. The van der Waals surface area contributed by atoms with E-state index < -0.39 is 15.8 Å². The lowest BCUT2D eigenvalue weighted by Gasteiger charge is -2.09. The van der Waals surface area contributed by atoms with Crippen molar-refractivity contribution in [2.45, 2.75) is 11.8 Å². The van der Waals surface area contributed by atoms with Gasteiger partial charge in [-0.25, -0.2) is 12.8 Å². The Kier molecular flexibility index (Phi) is 3.54. The summed E-state index contributed by atoms with van der Waals surface area (Å²) >= 11 is 0. The number of nitrogens with zero attached hydrogens (tertiary/aromatic N) is 1. The number of fused-ring (bicyclic) bond motifs is 1. The summed E-state index contributed by atoms with van der Waals surface area (Å²) in [5.74, 6) is -0.439. The molecule has 0 aliphatic carbocycles. The normalized spacial score (nSPS) is 11.5. The largest absolute Gasteiger partial charge is 0.278 e. The van der Waals surface area contributed by atoms with E-state index in [4.69, 9.17) is 0 Å². The molecular weight excluding hydrogens is 303 g/mol. The van der Waals surface area contributed by atoms with Crippen LogP contribution in [-0.2, 0) is 10.0 Å². The minimum atomic E-state index is -3.78. The number of sulfonamides is 1. The van der Waals surface area contributed by atoms with Crippen molar-refractivity contribution >= 4 is 26.6 Å². The Morgan fingerprint density at radius 3 is 2.64 bits per heavy atom. The van der Waals surface area contributed by atoms with Gasteiger partial charge in [-0.1, -0.05) is 18.2 Å². The third kappa shape index (κ3) is 2.78. The Morgan fingerprint density at radius 2 is 1.86 bits per heavy atom. The molecule has 2 aromatic carbocycles. The number of pyridine rings is 1. The van der Waals surface area contributed by atoms with E-state index in [9.17, 15) is 12.8 Å². The molecule has 1 aromatic heterocycles.